The predicted octanol–water partition coefficient (Wildman–Crippen LogP) is 3.53. The molecule has 162 valence electrons. The van der Waals surface area contributed by atoms with Gasteiger partial charge in [-0.2, -0.15) is 13.2 Å². The first-order chi connectivity index (χ1) is 14.8. The van der Waals surface area contributed by atoms with Crippen molar-refractivity contribution in [3.63, 3.8) is 0 Å². The van der Waals surface area contributed by atoms with Crippen LogP contribution >= 0.6 is 0 Å². The minimum Gasteiger partial charge on any atom is -0.335 e. The number of hydrogen-bond donors (Lipinski definition) is 2. The smallest absolute Gasteiger partial charge is 0.335 e. The molecule has 2 N–H and O–H groups in total. The number of fused-ring (bicyclic) bond motifs is 1. The molecule has 3 aromatic rings. The van der Waals surface area contributed by atoms with Gasteiger partial charge in [-0.3, -0.25) is 14.3 Å². The zero-order valence-electron chi connectivity index (χ0n) is 16.6. The molecule has 0 radical (unpaired) electrons. The average Bonchev–Trinajstić information content (AvgIpc) is 3.07. The highest BCUT2D eigenvalue weighted by Crippen LogP contribution is 2.48. The molecule has 1 spiro atoms. The monoisotopic (exact) mass is 430 g/mol. The molecule has 31 heavy (non-hydrogen) atoms. The Morgan fingerprint density at radius 2 is 2.03 bits per heavy atom. The summed E-state index contributed by atoms with van der Waals surface area (Å²) in [6.07, 6.45) is 4.54. The Balaban J connectivity index is 1.09. The quantitative estimate of drug-likeness (QED) is 0.664. The lowest BCUT2D eigenvalue weighted by Gasteiger charge is -2.59. The number of hydrogen-bond acceptors (Lipinski definition) is 4. The van der Waals surface area contributed by atoms with Gasteiger partial charge in [0.2, 0.25) is 0 Å². The van der Waals surface area contributed by atoms with Gasteiger partial charge in [0.1, 0.15) is 0 Å². The summed E-state index contributed by atoms with van der Waals surface area (Å²) in [5.41, 5.74) is 1.49. The molecule has 0 atom stereocenters. The Hall–Kier alpha value is -3.14. The van der Waals surface area contributed by atoms with Gasteiger partial charge in [-0.05, 0) is 36.5 Å². The van der Waals surface area contributed by atoms with Crippen molar-refractivity contribution in [3.05, 3.63) is 60.3 Å². The third-order valence-corrected chi connectivity index (χ3v) is 6.04. The first kappa shape index (κ1) is 19.8. The number of carbonyl (C=O) groups excluding carboxylic acids is 1. The van der Waals surface area contributed by atoms with E-state index in [4.69, 9.17) is 0 Å². The molecule has 1 saturated carbocycles. The maximum Gasteiger partial charge on any atom is 0.416 e. The van der Waals surface area contributed by atoms with E-state index >= 15 is 0 Å². The van der Waals surface area contributed by atoms with E-state index in [-0.39, 0.29) is 17.1 Å². The van der Waals surface area contributed by atoms with Gasteiger partial charge in [-0.15, -0.1) is 0 Å². The molecule has 5 rings (SSSR count). The van der Waals surface area contributed by atoms with E-state index in [0.29, 0.717) is 0 Å². The lowest BCUT2D eigenvalue weighted by molar-refractivity contribution is -0.137. The third-order valence-electron chi connectivity index (χ3n) is 6.04. The summed E-state index contributed by atoms with van der Waals surface area (Å²) in [5, 5.41) is 5.36. The number of rotatable bonds is 4. The topological polar surface area (TPSA) is 74.6 Å². The molecule has 0 bridgehead atoms. The maximum atomic E-state index is 12.8. The van der Waals surface area contributed by atoms with Crippen LogP contribution in [-0.4, -0.2) is 44.4 Å². The lowest BCUT2D eigenvalue weighted by Crippen LogP contribution is -2.66. The molecule has 2 aliphatic rings. The molecule has 10 heteroatoms. The van der Waals surface area contributed by atoms with Crippen molar-refractivity contribution in [1.82, 2.24) is 24.6 Å². The summed E-state index contributed by atoms with van der Waals surface area (Å²) in [5.74, 6) is 0. The van der Waals surface area contributed by atoms with Crippen LogP contribution in [-0.2, 0) is 12.7 Å². The zero-order valence-corrected chi connectivity index (χ0v) is 16.6. The highest BCUT2D eigenvalue weighted by Gasteiger charge is 2.52. The number of amides is 2. The molecule has 1 aromatic carbocycles. The number of imidazole rings is 1. The van der Waals surface area contributed by atoms with Gasteiger partial charge in [0.25, 0.3) is 0 Å². The summed E-state index contributed by atoms with van der Waals surface area (Å²) in [6.45, 7) is 2.72. The van der Waals surface area contributed by atoms with Crippen molar-refractivity contribution in [2.75, 3.05) is 18.4 Å². The molecule has 1 aliphatic heterocycles. The average molecular weight is 430 g/mol. The van der Waals surface area contributed by atoms with Gasteiger partial charge in [-0.1, -0.05) is 6.07 Å². The van der Waals surface area contributed by atoms with Crippen molar-refractivity contribution in [1.29, 1.82) is 0 Å². The van der Waals surface area contributed by atoms with E-state index < -0.39 is 17.8 Å². The van der Waals surface area contributed by atoms with Gasteiger partial charge >= 0.3 is 12.2 Å². The van der Waals surface area contributed by atoms with E-state index in [9.17, 15) is 18.0 Å². The van der Waals surface area contributed by atoms with Gasteiger partial charge < -0.3 is 10.6 Å². The number of nitrogens with one attached hydrogen (secondary N) is 2. The van der Waals surface area contributed by atoms with Crippen LogP contribution in [0.15, 0.2) is 49.1 Å². The van der Waals surface area contributed by atoms with E-state index in [2.05, 4.69) is 25.5 Å². The largest absolute Gasteiger partial charge is 0.416 e. The molecule has 2 aromatic heterocycles. The number of halogens is 3. The van der Waals surface area contributed by atoms with Crippen molar-refractivity contribution in [2.45, 2.75) is 31.6 Å². The molecule has 0 unspecified atom stereocenters. The number of benzene rings is 1. The SMILES string of the molecule is O=C(Nc1cccc(C(F)(F)F)c1)NC1CC2(C1)CN(Cc1cnc3cnccn13)C2. The van der Waals surface area contributed by atoms with Crippen molar-refractivity contribution in [2.24, 2.45) is 5.41 Å². The van der Waals surface area contributed by atoms with E-state index in [1.807, 2.05) is 16.8 Å². The Labute approximate surface area is 176 Å². The van der Waals surface area contributed by atoms with Gasteiger partial charge in [0, 0.05) is 43.8 Å². The minimum atomic E-state index is -4.44. The number of nitrogens with zero attached hydrogens (tertiary/aromatic N) is 4. The molecule has 2 fully saturated rings. The van der Waals surface area contributed by atoms with Crippen LogP contribution < -0.4 is 10.6 Å². The first-order valence-electron chi connectivity index (χ1n) is 10.0. The van der Waals surface area contributed by atoms with Crippen LogP contribution in [0.25, 0.3) is 5.65 Å². The second kappa shape index (κ2) is 7.23. The Bertz CT molecular complexity index is 1110. The van der Waals surface area contributed by atoms with Crippen molar-refractivity contribution in [3.8, 4) is 0 Å². The van der Waals surface area contributed by atoms with Crippen LogP contribution in [0.3, 0.4) is 0 Å². The number of carbonyl (C=O) groups is 1. The predicted molar refractivity (Wildman–Crippen MR) is 107 cm³/mol. The van der Waals surface area contributed by atoms with Crippen LogP contribution in [0.1, 0.15) is 24.1 Å². The number of likely N-dealkylation sites (tertiary alicyclic amines) is 1. The Morgan fingerprint density at radius 3 is 2.81 bits per heavy atom. The second-order valence-corrected chi connectivity index (χ2v) is 8.48. The van der Waals surface area contributed by atoms with Crippen LogP contribution in [0.5, 0.6) is 0 Å². The van der Waals surface area contributed by atoms with Gasteiger partial charge in [0.15, 0.2) is 5.65 Å². The van der Waals surface area contributed by atoms with Crippen molar-refractivity contribution >= 4 is 17.4 Å². The standard InChI is InChI=1S/C21H21F3N6O/c22-21(23,24)14-2-1-3-15(6-14)27-19(31)28-16-7-20(8-16)12-29(13-20)11-17-9-26-18-10-25-4-5-30(17)18/h1-6,9-10,16H,7-8,11-13H2,(H2,27,28,31). The fourth-order valence-corrected chi connectivity index (χ4v) is 4.73. The van der Waals surface area contributed by atoms with Crippen LogP contribution in [0.4, 0.5) is 23.7 Å². The summed E-state index contributed by atoms with van der Waals surface area (Å²) in [4.78, 5) is 22.9. The lowest BCUT2D eigenvalue weighted by atomic mass is 9.60. The van der Waals surface area contributed by atoms with Gasteiger partial charge in [0.05, 0.1) is 23.7 Å². The number of alkyl halides is 3. The molecule has 2 amide bonds. The van der Waals surface area contributed by atoms with Gasteiger partial charge in [-0.25, -0.2) is 9.78 Å². The molecule has 1 saturated heterocycles. The van der Waals surface area contributed by atoms with Crippen molar-refractivity contribution < 1.29 is 18.0 Å². The molecule has 3 heterocycles. The van der Waals surface area contributed by atoms with E-state index in [0.717, 1.165) is 55.9 Å². The van der Waals surface area contributed by atoms with E-state index in [1.54, 1.807) is 12.4 Å². The first-order valence-corrected chi connectivity index (χ1v) is 10.0. The zero-order chi connectivity index (χ0) is 21.6. The van der Waals surface area contributed by atoms with Crippen LogP contribution in [0, 0.1) is 5.41 Å². The second-order valence-electron chi connectivity index (χ2n) is 8.48. The minimum absolute atomic E-state index is 0.0369. The third kappa shape index (κ3) is 3.95. The summed E-state index contributed by atoms with van der Waals surface area (Å²) < 4.78 is 40.4. The maximum absolute atomic E-state index is 12.8. The molecule has 1 aliphatic carbocycles. The summed E-state index contributed by atoms with van der Waals surface area (Å²) in [6, 6.07) is 4.19. The highest BCUT2D eigenvalue weighted by atomic mass is 19.4. The normalized spacial score (nSPS) is 18.5. The fraction of sp³-hybridized carbons (Fsp3) is 0.381. The van der Waals surface area contributed by atoms with Crippen LogP contribution in [0.2, 0.25) is 0 Å². The molecular weight excluding hydrogens is 409 g/mol. The molecule has 7 nitrogen and oxygen atoms in total. The van der Waals surface area contributed by atoms with E-state index in [1.165, 1.54) is 12.1 Å². The number of anilines is 1. The highest BCUT2D eigenvalue weighted by molar-refractivity contribution is 5.89. The number of urea groups is 1. The fourth-order valence-electron chi connectivity index (χ4n) is 4.73. The Morgan fingerprint density at radius 1 is 1.23 bits per heavy atom. The molecular formula is C21H21F3N6O. The number of aromatic nitrogens is 3. The summed E-state index contributed by atoms with van der Waals surface area (Å²) >= 11 is 0. The Kier molecular flexibility index (Phi) is 4.62. The summed E-state index contributed by atoms with van der Waals surface area (Å²) in [7, 11) is 0.